The molecule has 1 atom stereocenters. The van der Waals surface area contributed by atoms with Crippen LogP contribution in [0.1, 0.15) is 72.1 Å². The van der Waals surface area contributed by atoms with Crippen molar-refractivity contribution in [2.75, 3.05) is 13.2 Å². The summed E-state index contributed by atoms with van der Waals surface area (Å²) in [4.78, 5) is 9.00. The number of aromatic nitrogens is 2. The third-order valence-corrected chi connectivity index (χ3v) is 4.98. The number of hydrogen-bond donors (Lipinski definition) is 0. The van der Waals surface area contributed by atoms with E-state index < -0.39 is 0 Å². The summed E-state index contributed by atoms with van der Waals surface area (Å²) >= 11 is 0. The molecule has 4 nitrogen and oxygen atoms in total. The first-order valence-corrected chi connectivity index (χ1v) is 10.9. The van der Waals surface area contributed by atoms with Crippen molar-refractivity contribution in [1.82, 2.24) is 9.97 Å². The van der Waals surface area contributed by atoms with E-state index in [4.69, 9.17) is 9.47 Å². The summed E-state index contributed by atoms with van der Waals surface area (Å²) in [7, 11) is 0. The van der Waals surface area contributed by atoms with E-state index in [1.54, 1.807) is 6.20 Å². The predicted octanol–water partition coefficient (Wildman–Crippen LogP) is 6.70. The first-order valence-electron chi connectivity index (χ1n) is 10.9. The van der Waals surface area contributed by atoms with Gasteiger partial charge < -0.3 is 9.47 Å². The van der Waals surface area contributed by atoms with Crippen molar-refractivity contribution in [3.05, 3.63) is 36.5 Å². The molecule has 0 radical (unpaired) electrons. The SMILES string of the molecule is CCCCCCCCCOc1cnc(OCC(C)CC)nc1-c1ccccc1. The van der Waals surface area contributed by atoms with E-state index in [-0.39, 0.29) is 0 Å². The Bertz CT molecular complexity index is 661. The summed E-state index contributed by atoms with van der Waals surface area (Å²) in [5.74, 6) is 1.21. The highest BCUT2D eigenvalue weighted by Gasteiger charge is 2.12. The number of benzene rings is 1. The van der Waals surface area contributed by atoms with Crippen molar-refractivity contribution >= 4 is 0 Å². The molecule has 0 bridgehead atoms. The van der Waals surface area contributed by atoms with Crippen LogP contribution in [0.25, 0.3) is 11.3 Å². The molecule has 0 aliphatic rings. The van der Waals surface area contributed by atoms with E-state index in [0.717, 1.165) is 29.8 Å². The minimum Gasteiger partial charge on any atom is -0.490 e. The van der Waals surface area contributed by atoms with Crippen LogP contribution in [0.3, 0.4) is 0 Å². The average molecular weight is 385 g/mol. The Morgan fingerprint density at radius 2 is 1.61 bits per heavy atom. The molecule has 0 fully saturated rings. The molecule has 2 rings (SSSR count). The van der Waals surface area contributed by atoms with Gasteiger partial charge in [-0.3, -0.25) is 0 Å². The molecule has 28 heavy (non-hydrogen) atoms. The fourth-order valence-corrected chi connectivity index (χ4v) is 2.91. The highest BCUT2D eigenvalue weighted by atomic mass is 16.5. The van der Waals surface area contributed by atoms with Crippen molar-refractivity contribution in [3.8, 4) is 23.0 Å². The molecule has 1 aromatic heterocycles. The van der Waals surface area contributed by atoms with Crippen molar-refractivity contribution in [2.24, 2.45) is 5.92 Å². The van der Waals surface area contributed by atoms with Gasteiger partial charge in [-0.15, -0.1) is 0 Å². The van der Waals surface area contributed by atoms with Crippen LogP contribution in [-0.2, 0) is 0 Å². The van der Waals surface area contributed by atoms with E-state index in [1.807, 2.05) is 30.3 Å². The van der Waals surface area contributed by atoms with Crippen LogP contribution in [0, 0.1) is 5.92 Å². The van der Waals surface area contributed by atoms with Gasteiger partial charge in [-0.1, -0.05) is 96.0 Å². The van der Waals surface area contributed by atoms with Gasteiger partial charge in [0.2, 0.25) is 0 Å². The number of ether oxygens (including phenoxy) is 2. The molecule has 4 heteroatoms. The molecule has 1 heterocycles. The van der Waals surface area contributed by atoms with Crippen LogP contribution in [0.5, 0.6) is 11.8 Å². The molecule has 2 aromatic rings. The first-order chi connectivity index (χ1) is 13.7. The lowest BCUT2D eigenvalue weighted by atomic mass is 10.1. The van der Waals surface area contributed by atoms with E-state index in [1.165, 1.54) is 38.5 Å². The molecular formula is C24H36N2O2. The maximum Gasteiger partial charge on any atom is 0.317 e. The van der Waals surface area contributed by atoms with Crippen LogP contribution in [0.4, 0.5) is 0 Å². The van der Waals surface area contributed by atoms with Crippen LogP contribution in [0.15, 0.2) is 36.5 Å². The monoisotopic (exact) mass is 384 g/mol. The molecule has 0 N–H and O–H groups in total. The van der Waals surface area contributed by atoms with Crippen molar-refractivity contribution in [2.45, 2.75) is 72.1 Å². The van der Waals surface area contributed by atoms with Crippen LogP contribution in [-0.4, -0.2) is 23.2 Å². The minimum atomic E-state index is 0.419. The Labute approximate surface area is 170 Å². The third kappa shape index (κ3) is 7.87. The molecule has 0 spiro atoms. The van der Waals surface area contributed by atoms with Gasteiger partial charge in [-0.05, 0) is 12.3 Å². The largest absolute Gasteiger partial charge is 0.490 e. The molecule has 1 aromatic carbocycles. The summed E-state index contributed by atoms with van der Waals surface area (Å²) in [6, 6.07) is 10.5. The normalized spacial score (nSPS) is 12.0. The highest BCUT2D eigenvalue weighted by molar-refractivity contribution is 5.65. The lowest BCUT2D eigenvalue weighted by Crippen LogP contribution is -2.10. The number of unbranched alkanes of at least 4 members (excludes halogenated alkanes) is 6. The second kappa shape index (κ2) is 13.1. The standard InChI is InChI=1S/C24H36N2O2/c1-4-6-7-8-9-10-14-17-27-22-18-25-24(28-19-20(3)5-2)26-23(22)21-15-12-11-13-16-21/h11-13,15-16,18,20H,4-10,14,17,19H2,1-3H3. The van der Waals surface area contributed by atoms with Crippen LogP contribution >= 0.6 is 0 Å². The average Bonchev–Trinajstić information content (AvgIpc) is 2.75. The number of rotatable bonds is 14. The van der Waals surface area contributed by atoms with Crippen LogP contribution < -0.4 is 9.47 Å². The zero-order valence-electron chi connectivity index (χ0n) is 17.8. The Kier molecular flexibility index (Phi) is 10.4. The van der Waals surface area contributed by atoms with Crippen molar-refractivity contribution in [1.29, 1.82) is 0 Å². The molecular weight excluding hydrogens is 348 g/mol. The highest BCUT2D eigenvalue weighted by Crippen LogP contribution is 2.29. The van der Waals surface area contributed by atoms with Crippen molar-refractivity contribution < 1.29 is 9.47 Å². The fourth-order valence-electron chi connectivity index (χ4n) is 2.91. The van der Waals surface area contributed by atoms with Crippen LogP contribution in [0.2, 0.25) is 0 Å². The number of nitrogens with zero attached hydrogens (tertiary/aromatic N) is 2. The van der Waals surface area contributed by atoms with Gasteiger partial charge in [0, 0.05) is 5.56 Å². The summed E-state index contributed by atoms with van der Waals surface area (Å²) < 4.78 is 11.8. The van der Waals surface area contributed by atoms with E-state index in [0.29, 0.717) is 25.1 Å². The van der Waals surface area contributed by atoms with E-state index >= 15 is 0 Å². The molecule has 0 aliphatic heterocycles. The minimum absolute atomic E-state index is 0.419. The molecule has 1 unspecified atom stereocenters. The molecule has 0 saturated carbocycles. The molecule has 0 saturated heterocycles. The Morgan fingerprint density at radius 3 is 2.32 bits per heavy atom. The van der Waals surface area contributed by atoms with E-state index in [9.17, 15) is 0 Å². The summed E-state index contributed by atoms with van der Waals surface area (Å²) in [6.45, 7) is 7.90. The smallest absolute Gasteiger partial charge is 0.317 e. The van der Waals surface area contributed by atoms with Gasteiger partial charge in [0.25, 0.3) is 0 Å². The quantitative estimate of drug-likeness (QED) is 0.340. The molecule has 0 amide bonds. The van der Waals surface area contributed by atoms with Gasteiger partial charge in [-0.25, -0.2) is 0 Å². The zero-order chi connectivity index (χ0) is 20.0. The second-order valence-corrected chi connectivity index (χ2v) is 7.53. The Balaban J connectivity index is 1.94. The van der Waals surface area contributed by atoms with E-state index in [2.05, 4.69) is 30.7 Å². The predicted molar refractivity (Wildman–Crippen MR) is 116 cm³/mol. The molecule has 154 valence electrons. The van der Waals surface area contributed by atoms with Gasteiger partial charge in [0.15, 0.2) is 5.75 Å². The fraction of sp³-hybridized carbons (Fsp3) is 0.583. The molecule has 0 aliphatic carbocycles. The van der Waals surface area contributed by atoms with Gasteiger partial charge >= 0.3 is 6.01 Å². The topological polar surface area (TPSA) is 44.2 Å². The number of hydrogen-bond acceptors (Lipinski definition) is 4. The third-order valence-electron chi connectivity index (χ3n) is 4.98. The first kappa shape index (κ1) is 22.2. The Hall–Kier alpha value is -2.10. The zero-order valence-corrected chi connectivity index (χ0v) is 17.8. The summed E-state index contributed by atoms with van der Waals surface area (Å²) in [5.41, 5.74) is 1.82. The van der Waals surface area contributed by atoms with Gasteiger partial charge in [-0.2, -0.15) is 9.97 Å². The maximum atomic E-state index is 6.04. The lowest BCUT2D eigenvalue weighted by Gasteiger charge is -2.13. The Morgan fingerprint density at radius 1 is 0.893 bits per heavy atom. The van der Waals surface area contributed by atoms with Gasteiger partial charge in [0.05, 0.1) is 19.4 Å². The lowest BCUT2D eigenvalue weighted by molar-refractivity contribution is 0.236. The summed E-state index contributed by atoms with van der Waals surface area (Å²) in [5, 5.41) is 0. The van der Waals surface area contributed by atoms with Gasteiger partial charge in [0.1, 0.15) is 5.69 Å². The van der Waals surface area contributed by atoms with Crippen molar-refractivity contribution in [3.63, 3.8) is 0 Å². The summed E-state index contributed by atoms with van der Waals surface area (Å²) in [6.07, 6.45) is 11.7. The second-order valence-electron chi connectivity index (χ2n) is 7.53. The maximum absolute atomic E-state index is 6.04.